The third-order valence-electron chi connectivity index (χ3n) is 7.38. The number of aromatic nitrogens is 4. The SMILES string of the molecule is C=CC(=O)NNC(=O)C=C1CCC(n2nc(-c3ccc(CNC(=O)c4cc(F)ccc4OC)cc3)c3c(N)ncnc32)CC1. The highest BCUT2D eigenvalue weighted by Crippen LogP contribution is 2.37. The molecule has 1 fully saturated rings. The largest absolute Gasteiger partial charge is 0.496 e. The third kappa shape index (κ3) is 6.56. The smallest absolute Gasteiger partial charge is 0.262 e. The second-order valence-corrected chi connectivity index (χ2v) is 10.2. The number of anilines is 1. The molecule has 0 radical (unpaired) electrons. The number of hydrogen-bond acceptors (Lipinski definition) is 8. The van der Waals surface area contributed by atoms with E-state index in [2.05, 4.69) is 32.7 Å². The molecule has 1 saturated carbocycles. The van der Waals surface area contributed by atoms with Crippen molar-refractivity contribution in [3.63, 3.8) is 0 Å². The van der Waals surface area contributed by atoms with Gasteiger partial charge in [0, 0.05) is 18.2 Å². The number of fused-ring (bicyclic) bond motifs is 1. The van der Waals surface area contributed by atoms with E-state index >= 15 is 0 Å². The minimum Gasteiger partial charge on any atom is -0.496 e. The predicted molar refractivity (Wildman–Crippen MR) is 161 cm³/mol. The Morgan fingerprint density at radius 1 is 1.09 bits per heavy atom. The summed E-state index contributed by atoms with van der Waals surface area (Å²) < 4.78 is 20.8. The van der Waals surface area contributed by atoms with Crippen molar-refractivity contribution in [1.29, 1.82) is 0 Å². The molecule has 3 amide bonds. The zero-order valence-electron chi connectivity index (χ0n) is 24.0. The lowest BCUT2D eigenvalue weighted by atomic mass is 9.90. The maximum atomic E-state index is 13.7. The van der Waals surface area contributed by atoms with Gasteiger partial charge >= 0.3 is 0 Å². The van der Waals surface area contributed by atoms with Gasteiger partial charge in [-0.15, -0.1) is 0 Å². The van der Waals surface area contributed by atoms with Crippen LogP contribution in [0.25, 0.3) is 22.3 Å². The summed E-state index contributed by atoms with van der Waals surface area (Å²) in [6.07, 6.45) is 6.79. The Balaban J connectivity index is 1.30. The van der Waals surface area contributed by atoms with Gasteiger partial charge in [-0.05, 0) is 55.5 Å². The van der Waals surface area contributed by atoms with Crippen LogP contribution in [0.3, 0.4) is 0 Å². The minimum atomic E-state index is -0.529. The van der Waals surface area contributed by atoms with Crippen LogP contribution in [0.4, 0.5) is 10.2 Å². The molecule has 0 spiro atoms. The van der Waals surface area contributed by atoms with E-state index in [1.807, 2.05) is 28.9 Å². The van der Waals surface area contributed by atoms with Crippen molar-refractivity contribution in [3.8, 4) is 17.0 Å². The van der Waals surface area contributed by atoms with Crippen molar-refractivity contribution < 1.29 is 23.5 Å². The van der Waals surface area contributed by atoms with E-state index in [4.69, 9.17) is 15.6 Å². The molecule has 226 valence electrons. The number of carbonyl (C=O) groups excluding carboxylic acids is 3. The number of benzene rings is 2. The van der Waals surface area contributed by atoms with Crippen molar-refractivity contribution in [3.05, 3.63) is 90.0 Å². The Hall–Kier alpha value is -5.59. The fraction of sp³-hybridized carbons (Fsp3) is 0.226. The number of hydrogen-bond donors (Lipinski definition) is 4. The number of hydrazine groups is 1. The first kappa shape index (κ1) is 29.9. The van der Waals surface area contributed by atoms with Gasteiger partial charge in [0.05, 0.1) is 24.1 Å². The highest BCUT2D eigenvalue weighted by Gasteiger charge is 2.25. The first-order valence-electron chi connectivity index (χ1n) is 13.9. The van der Waals surface area contributed by atoms with Crippen LogP contribution in [-0.2, 0) is 16.1 Å². The number of halogens is 1. The monoisotopic (exact) mass is 598 g/mol. The number of ether oxygens (including phenoxy) is 1. The summed E-state index contributed by atoms with van der Waals surface area (Å²) in [6.45, 7) is 3.56. The van der Waals surface area contributed by atoms with Gasteiger partial charge in [0.25, 0.3) is 17.7 Å². The maximum absolute atomic E-state index is 13.7. The van der Waals surface area contributed by atoms with E-state index < -0.39 is 23.5 Å². The van der Waals surface area contributed by atoms with Crippen LogP contribution in [0.1, 0.15) is 47.6 Å². The molecule has 2 aromatic carbocycles. The van der Waals surface area contributed by atoms with Crippen LogP contribution < -0.4 is 26.6 Å². The molecule has 2 aromatic heterocycles. The second kappa shape index (κ2) is 13.2. The molecule has 13 heteroatoms. The number of nitrogens with two attached hydrogens (primary N) is 1. The molecule has 1 aliphatic rings. The van der Waals surface area contributed by atoms with Crippen molar-refractivity contribution >= 4 is 34.6 Å². The van der Waals surface area contributed by atoms with Gasteiger partial charge in [-0.1, -0.05) is 36.4 Å². The lowest BCUT2D eigenvalue weighted by Gasteiger charge is -2.24. The van der Waals surface area contributed by atoms with Gasteiger partial charge in [0.1, 0.15) is 29.4 Å². The topological polar surface area (TPSA) is 166 Å². The Morgan fingerprint density at radius 2 is 1.82 bits per heavy atom. The molecule has 0 bridgehead atoms. The van der Waals surface area contributed by atoms with Crippen molar-refractivity contribution in [2.24, 2.45) is 0 Å². The number of rotatable bonds is 8. The van der Waals surface area contributed by atoms with Crippen molar-refractivity contribution in [2.45, 2.75) is 38.3 Å². The quantitative estimate of drug-likeness (QED) is 0.177. The summed E-state index contributed by atoms with van der Waals surface area (Å²) in [5, 5.41) is 8.36. The van der Waals surface area contributed by atoms with Gasteiger partial charge in [-0.2, -0.15) is 5.10 Å². The normalized spacial score (nSPS) is 14.5. The predicted octanol–water partition coefficient (Wildman–Crippen LogP) is 3.53. The Morgan fingerprint density at radius 3 is 2.52 bits per heavy atom. The standard InChI is InChI=1S/C31H31FN8O4/c1-3-25(41)37-38-26(42)14-18-6-11-22(12-7-18)40-30-27(29(33)35-17-36-30)28(39-40)20-8-4-19(5-9-20)16-34-31(43)23-15-21(32)10-13-24(23)44-2/h3-5,8-10,13-15,17,22H,1,6-7,11-12,16H2,2H3,(H,34,43)(H,37,41)(H,38,42)(H2,33,35,36). The molecule has 2 heterocycles. The number of nitrogens with zero attached hydrogens (tertiary/aromatic N) is 4. The van der Waals surface area contributed by atoms with E-state index in [0.29, 0.717) is 35.4 Å². The second-order valence-electron chi connectivity index (χ2n) is 10.2. The molecule has 0 unspecified atom stereocenters. The summed E-state index contributed by atoms with van der Waals surface area (Å²) >= 11 is 0. The lowest BCUT2D eigenvalue weighted by molar-refractivity contribution is -0.123. The van der Waals surface area contributed by atoms with Gasteiger partial charge in [0.15, 0.2) is 5.65 Å². The number of allylic oxidation sites excluding steroid dienone is 1. The molecule has 0 aliphatic heterocycles. The first-order valence-corrected chi connectivity index (χ1v) is 13.9. The van der Waals surface area contributed by atoms with Crippen molar-refractivity contribution in [1.82, 2.24) is 35.9 Å². The molecule has 0 atom stereocenters. The summed E-state index contributed by atoms with van der Waals surface area (Å²) in [7, 11) is 1.42. The lowest BCUT2D eigenvalue weighted by Crippen LogP contribution is -2.40. The van der Waals surface area contributed by atoms with Gasteiger partial charge in [-0.3, -0.25) is 25.2 Å². The molecular weight excluding hydrogens is 567 g/mol. The summed E-state index contributed by atoms with van der Waals surface area (Å²) in [5.41, 5.74) is 14.8. The zero-order chi connectivity index (χ0) is 31.2. The first-order chi connectivity index (χ1) is 21.3. The van der Waals surface area contributed by atoms with E-state index in [1.165, 1.54) is 31.6 Å². The molecular formula is C31H31FN8O4. The van der Waals surface area contributed by atoms with E-state index in [-0.39, 0.29) is 23.9 Å². The fourth-order valence-electron chi connectivity index (χ4n) is 5.13. The summed E-state index contributed by atoms with van der Waals surface area (Å²) in [5.74, 6) is -1.29. The third-order valence-corrected chi connectivity index (χ3v) is 7.38. The Labute approximate surface area is 252 Å². The molecule has 0 saturated heterocycles. The summed E-state index contributed by atoms with van der Waals surface area (Å²) in [4.78, 5) is 44.8. The number of nitrogen functional groups attached to an aromatic ring is 1. The minimum absolute atomic E-state index is 0.0236. The van der Waals surface area contributed by atoms with E-state index in [9.17, 15) is 18.8 Å². The van der Waals surface area contributed by atoms with Crippen LogP contribution in [0.15, 0.2) is 73.1 Å². The Bertz CT molecular complexity index is 1760. The number of nitrogens with one attached hydrogen (secondary N) is 3. The van der Waals surface area contributed by atoms with Gasteiger partial charge < -0.3 is 15.8 Å². The highest BCUT2D eigenvalue weighted by molar-refractivity contribution is 5.98. The van der Waals surface area contributed by atoms with Crippen LogP contribution in [0.5, 0.6) is 5.75 Å². The number of amides is 3. The highest BCUT2D eigenvalue weighted by atomic mass is 19.1. The van der Waals surface area contributed by atoms with Crippen LogP contribution in [-0.4, -0.2) is 44.6 Å². The maximum Gasteiger partial charge on any atom is 0.262 e. The van der Waals surface area contributed by atoms with Crippen LogP contribution in [0, 0.1) is 5.82 Å². The molecule has 44 heavy (non-hydrogen) atoms. The summed E-state index contributed by atoms with van der Waals surface area (Å²) in [6, 6.07) is 11.3. The average Bonchev–Trinajstić information content (AvgIpc) is 3.44. The fourth-order valence-corrected chi connectivity index (χ4v) is 5.13. The van der Waals surface area contributed by atoms with Crippen LogP contribution in [0.2, 0.25) is 0 Å². The molecule has 5 rings (SSSR count). The van der Waals surface area contributed by atoms with Crippen molar-refractivity contribution in [2.75, 3.05) is 12.8 Å². The number of carbonyl (C=O) groups is 3. The molecule has 4 aromatic rings. The Kier molecular flexibility index (Phi) is 8.93. The number of methoxy groups -OCH3 is 1. The van der Waals surface area contributed by atoms with E-state index in [1.54, 1.807) is 0 Å². The van der Waals surface area contributed by atoms with Gasteiger partial charge in [-0.25, -0.2) is 19.0 Å². The molecule has 1 aliphatic carbocycles. The van der Waals surface area contributed by atoms with Crippen LogP contribution >= 0.6 is 0 Å². The van der Waals surface area contributed by atoms with E-state index in [0.717, 1.165) is 41.7 Å². The molecule has 12 nitrogen and oxygen atoms in total. The van der Waals surface area contributed by atoms with Gasteiger partial charge in [0.2, 0.25) is 0 Å². The zero-order valence-corrected chi connectivity index (χ0v) is 24.0. The molecule has 5 N–H and O–H groups in total. The average molecular weight is 599 g/mol.